The van der Waals surface area contributed by atoms with Gasteiger partial charge < -0.3 is 30.6 Å². The Kier molecular flexibility index (Phi) is 8.57. The summed E-state index contributed by atoms with van der Waals surface area (Å²) in [5.74, 6) is -1.56. The summed E-state index contributed by atoms with van der Waals surface area (Å²) in [5, 5.41) is 20.0. The molecule has 1 fully saturated rings. The van der Waals surface area contributed by atoms with E-state index in [9.17, 15) is 14.5 Å². The van der Waals surface area contributed by atoms with E-state index in [0.29, 0.717) is 5.56 Å². The van der Waals surface area contributed by atoms with Crippen LogP contribution in [0.5, 0.6) is 11.5 Å². The minimum atomic E-state index is -0.930. The van der Waals surface area contributed by atoms with Crippen molar-refractivity contribution in [1.82, 2.24) is 20.1 Å². The SMILES string of the molecule is C[C@@H](Oc1c(N)nc([N+](=O)[O-])c(-c2cnn(C3CCNCC3)c2)c1OCc1ccccc1)c1c(Cl)ccc(F)c1Cl. The first-order valence-electron chi connectivity index (χ1n) is 12.9. The molecular formula is C28H27Cl2FN6O4. The van der Waals surface area contributed by atoms with Crippen LogP contribution in [0.2, 0.25) is 10.0 Å². The normalized spacial score (nSPS) is 14.5. The first kappa shape index (κ1) is 28.6. The molecule has 0 amide bonds. The zero-order valence-corrected chi connectivity index (χ0v) is 23.5. The van der Waals surface area contributed by atoms with Crippen LogP contribution in [0.15, 0.2) is 54.9 Å². The molecular weight excluding hydrogens is 574 g/mol. The minimum Gasteiger partial charge on any atom is -0.484 e. The first-order valence-corrected chi connectivity index (χ1v) is 13.7. The van der Waals surface area contributed by atoms with Crippen LogP contribution in [-0.4, -0.2) is 32.8 Å². The lowest BCUT2D eigenvalue weighted by atomic mass is 10.1. The van der Waals surface area contributed by atoms with E-state index in [1.54, 1.807) is 17.8 Å². The van der Waals surface area contributed by atoms with E-state index < -0.39 is 22.7 Å². The molecule has 0 radical (unpaired) electrons. The molecule has 0 aliphatic carbocycles. The third-order valence-corrected chi connectivity index (χ3v) is 7.58. The molecule has 1 aliphatic heterocycles. The molecule has 3 N–H and O–H groups in total. The lowest BCUT2D eigenvalue weighted by Gasteiger charge is -2.23. The second kappa shape index (κ2) is 12.3. The lowest BCUT2D eigenvalue weighted by molar-refractivity contribution is -0.388. The number of nitrogens with zero attached hydrogens (tertiary/aromatic N) is 4. The van der Waals surface area contributed by atoms with Gasteiger partial charge >= 0.3 is 5.82 Å². The molecule has 4 aromatic rings. The molecule has 0 saturated carbocycles. The van der Waals surface area contributed by atoms with Crippen LogP contribution in [0.1, 0.15) is 43.0 Å². The fourth-order valence-corrected chi connectivity index (χ4v) is 5.49. The highest BCUT2D eigenvalue weighted by Gasteiger charge is 2.33. The monoisotopic (exact) mass is 600 g/mol. The number of nitrogen functional groups attached to an aromatic ring is 1. The van der Waals surface area contributed by atoms with E-state index in [2.05, 4.69) is 15.4 Å². The van der Waals surface area contributed by atoms with Gasteiger partial charge in [-0.05, 0) is 60.5 Å². The Balaban J connectivity index is 1.64. The molecule has 0 bridgehead atoms. The van der Waals surface area contributed by atoms with Gasteiger partial charge in [-0.15, -0.1) is 0 Å². The second-order valence-corrected chi connectivity index (χ2v) is 10.4. The molecule has 10 nitrogen and oxygen atoms in total. The van der Waals surface area contributed by atoms with Gasteiger partial charge in [0.25, 0.3) is 5.82 Å². The summed E-state index contributed by atoms with van der Waals surface area (Å²) in [6, 6.07) is 11.9. The molecule has 3 heterocycles. The van der Waals surface area contributed by atoms with Gasteiger partial charge in [-0.1, -0.05) is 53.5 Å². The number of benzene rings is 2. The van der Waals surface area contributed by atoms with E-state index in [1.807, 2.05) is 30.3 Å². The summed E-state index contributed by atoms with van der Waals surface area (Å²) >= 11 is 12.6. The largest absolute Gasteiger partial charge is 0.484 e. The summed E-state index contributed by atoms with van der Waals surface area (Å²) in [6.45, 7) is 3.33. The number of ether oxygens (including phenoxy) is 2. The highest BCUT2D eigenvalue weighted by Crippen LogP contribution is 2.48. The number of anilines is 1. The van der Waals surface area contributed by atoms with Gasteiger partial charge in [0, 0.05) is 22.3 Å². The van der Waals surface area contributed by atoms with E-state index in [4.69, 9.17) is 38.4 Å². The van der Waals surface area contributed by atoms with Crippen molar-refractivity contribution in [2.24, 2.45) is 0 Å². The number of rotatable bonds is 9. The van der Waals surface area contributed by atoms with Crippen molar-refractivity contribution in [3.63, 3.8) is 0 Å². The van der Waals surface area contributed by atoms with Crippen molar-refractivity contribution in [1.29, 1.82) is 0 Å². The summed E-state index contributed by atoms with van der Waals surface area (Å²) in [4.78, 5) is 15.7. The minimum absolute atomic E-state index is 0.00610. The molecule has 1 saturated heterocycles. The number of aromatic nitrogens is 3. The first-order chi connectivity index (χ1) is 19.7. The number of piperidine rings is 1. The van der Waals surface area contributed by atoms with E-state index in [-0.39, 0.29) is 51.1 Å². The maximum atomic E-state index is 14.3. The quantitative estimate of drug-likeness (QED) is 0.126. The van der Waals surface area contributed by atoms with Crippen molar-refractivity contribution in [3.8, 4) is 22.6 Å². The summed E-state index contributed by atoms with van der Waals surface area (Å²) in [6.07, 6.45) is 4.06. The zero-order chi connectivity index (χ0) is 29.1. The molecule has 13 heteroatoms. The van der Waals surface area contributed by atoms with Gasteiger partial charge in [0.05, 0.1) is 17.3 Å². The fourth-order valence-electron chi connectivity index (χ4n) is 4.81. The Labute approximate surface area is 245 Å². The Bertz CT molecular complexity index is 1560. The van der Waals surface area contributed by atoms with E-state index in [0.717, 1.165) is 37.6 Å². The predicted molar refractivity (Wildman–Crippen MR) is 154 cm³/mol. The van der Waals surface area contributed by atoms with Crippen molar-refractivity contribution in [2.75, 3.05) is 18.8 Å². The number of hydrogen-bond donors (Lipinski definition) is 2. The molecule has 0 unspecified atom stereocenters. The summed E-state index contributed by atoms with van der Waals surface area (Å²) in [5.41, 5.74) is 7.69. The smallest absolute Gasteiger partial charge is 0.377 e. The van der Waals surface area contributed by atoms with E-state index >= 15 is 0 Å². The Morgan fingerprint density at radius 1 is 1.20 bits per heavy atom. The maximum absolute atomic E-state index is 14.3. The second-order valence-electron chi connectivity index (χ2n) is 9.59. The molecule has 0 spiro atoms. The van der Waals surface area contributed by atoms with Crippen LogP contribution in [0.4, 0.5) is 16.0 Å². The van der Waals surface area contributed by atoms with Crippen LogP contribution in [0.25, 0.3) is 11.1 Å². The third kappa shape index (κ3) is 6.07. The van der Waals surface area contributed by atoms with Crippen LogP contribution in [-0.2, 0) is 6.61 Å². The van der Waals surface area contributed by atoms with Crippen LogP contribution in [0, 0.1) is 15.9 Å². The van der Waals surface area contributed by atoms with Gasteiger partial charge in [0.1, 0.15) is 24.1 Å². The average Bonchev–Trinajstić information content (AvgIpc) is 3.46. The third-order valence-electron chi connectivity index (χ3n) is 6.87. The Morgan fingerprint density at radius 2 is 1.93 bits per heavy atom. The average molecular weight is 601 g/mol. The number of nitro groups is 1. The van der Waals surface area contributed by atoms with Gasteiger partial charge in [0.15, 0.2) is 5.75 Å². The van der Waals surface area contributed by atoms with E-state index in [1.165, 1.54) is 12.3 Å². The van der Waals surface area contributed by atoms with Crippen LogP contribution in [0.3, 0.4) is 0 Å². The molecule has 2 aromatic carbocycles. The van der Waals surface area contributed by atoms with Crippen molar-refractivity contribution >= 4 is 34.8 Å². The van der Waals surface area contributed by atoms with Gasteiger partial charge in [0.2, 0.25) is 5.75 Å². The summed E-state index contributed by atoms with van der Waals surface area (Å²) in [7, 11) is 0. The number of hydrogen-bond acceptors (Lipinski definition) is 8. The fraction of sp³-hybridized carbons (Fsp3) is 0.286. The number of pyridine rings is 1. The van der Waals surface area contributed by atoms with Gasteiger partial charge in [-0.3, -0.25) is 4.68 Å². The zero-order valence-electron chi connectivity index (χ0n) is 22.0. The molecule has 1 aliphatic rings. The standard InChI is InChI=1S/C28H27Cl2FN6O4/c1-16(22-20(29)7-8-21(31)24(22)30)41-26-25(40-15-17-5-3-2-4-6-17)23(28(37(38)39)35-27(26)32)18-13-34-36(14-18)19-9-11-33-12-10-19/h2-8,13-14,16,19,33H,9-12,15H2,1H3,(H2,32,35)/t16-/m1/s1. The molecule has 214 valence electrons. The highest BCUT2D eigenvalue weighted by atomic mass is 35.5. The maximum Gasteiger partial charge on any atom is 0.377 e. The van der Waals surface area contributed by atoms with Crippen LogP contribution >= 0.6 is 23.2 Å². The molecule has 1 atom stereocenters. The number of nitrogens with two attached hydrogens (primary N) is 1. The predicted octanol–water partition coefficient (Wildman–Crippen LogP) is 6.52. The molecule has 2 aromatic heterocycles. The van der Waals surface area contributed by atoms with Gasteiger partial charge in [-0.2, -0.15) is 5.10 Å². The Hall–Kier alpha value is -3.93. The van der Waals surface area contributed by atoms with Crippen LogP contribution < -0.4 is 20.5 Å². The van der Waals surface area contributed by atoms with Crippen molar-refractivity contribution in [3.05, 3.63) is 92.0 Å². The number of nitrogens with one attached hydrogen (secondary N) is 1. The van der Waals surface area contributed by atoms with Gasteiger partial charge in [-0.25, -0.2) is 4.39 Å². The highest BCUT2D eigenvalue weighted by molar-refractivity contribution is 6.36. The molecule has 5 rings (SSSR count). The summed E-state index contributed by atoms with van der Waals surface area (Å²) < 4.78 is 28.5. The lowest BCUT2D eigenvalue weighted by Crippen LogP contribution is -2.29. The topological polar surface area (TPSA) is 130 Å². The number of halogens is 3. The molecule has 41 heavy (non-hydrogen) atoms. The van der Waals surface area contributed by atoms with Crippen molar-refractivity contribution in [2.45, 2.75) is 38.5 Å². The van der Waals surface area contributed by atoms with Crippen molar-refractivity contribution < 1.29 is 18.8 Å². The Morgan fingerprint density at radius 3 is 2.63 bits per heavy atom.